The molecule has 0 saturated heterocycles. The molecular formula is C9H8BrN3. The second kappa shape index (κ2) is 2.96. The predicted molar refractivity (Wildman–Crippen MR) is 56.4 cm³/mol. The van der Waals surface area contributed by atoms with Crippen molar-refractivity contribution in [3.63, 3.8) is 0 Å². The van der Waals surface area contributed by atoms with Gasteiger partial charge in [-0.05, 0) is 25.1 Å². The summed E-state index contributed by atoms with van der Waals surface area (Å²) in [5.41, 5.74) is 7.32. The average Bonchev–Trinajstić information content (AvgIpc) is 2.02. The first kappa shape index (κ1) is 8.44. The quantitative estimate of drug-likeness (QED) is 0.765. The molecule has 0 radical (unpaired) electrons. The van der Waals surface area contributed by atoms with E-state index in [1.54, 1.807) is 0 Å². The summed E-state index contributed by atoms with van der Waals surface area (Å²) in [7, 11) is 0. The zero-order valence-electron chi connectivity index (χ0n) is 7.08. The number of aromatic nitrogens is 2. The van der Waals surface area contributed by atoms with Crippen LogP contribution >= 0.6 is 15.9 Å². The Kier molecular flexibility index (Phi) is 1.92. The lowest BCUT2D eigenvalue weighted by atomic mass is 10.2. The van der Waals surface area contributed by atoms with Crippen LogP contribution in [0.25, 0.3) is 10.9 Å². The molecule has 3 nitrogen and oxygen atoms in total. The van der Waals surface area contributed by atoms with E-state index in [9.17, 15) is 0 Å². The highest BCUT2D eigenvalue weighted by Crippen LogP contribution is 2.20. The van der Waals surface area contributed by atoms with Crippen molar-refractivity contribution in [2.45, 2.75) is 6.92 Å². The number of nitrogen functional groups attached to an aromatic ring is 1. The van der Waals surface area contributed by atoms with E-state index in [1.807, 2.05) is 25.1 Å². The number of aryl methyl sites for hydroxylation is 1. The van der Waals surface area contributed by atoms with Crippen molar-refractivity contribution in [1.82, 2.24) is 9.97 Å². The number of benzene rings is 1. The van der Waals surface area contributed by atoms with Crippen LogP contribution in [0.15, 0.2) is 22.7 Å². The van der Waals surface area contributed by atoms with Crippen LogP contribution in [0.1, 0.15) is 5.69 Å². The summed E-state index contributed by atoms with van der Waals surface area (Å²) in [6, 6.07) is 5.88. The van der Waals surface area contributed by atoms with Crippen molar-refractivity contribution in [2.75, 3.05) is 5.73 Å². The summed E-state index contributed by atoms with van der Waals surface area (Å²) >= 11 is 3.38. The normalized spacial score (nSPS) is 10.6. The van der Waals surface area contributed by atoms with E-state index in [0.29, 0.717) is 5.95 Å². The molecule has 4 heteroatoms. The average molecular weight is 238 g/mol. The summed E-state index contributed by atoms with van der Waals surface area (Å²) in [6.45, 7) is 1.92. The Bertz CT molecular complexity index is 462. The van der Waals surface area contributed by atoms with Gasteiger partial charge in [0.2, 0.25) is 5.95 Å². The molecule has 1 aromatic carbocycles. The first-order valence-corrected chi connectivity index (χ1v) is 4.65. The monoisotopic (exact) mass is 237 g/mol. The van der Waals surface area contributed by atoms with Gasteiger partial charge in [-0.25, -0.2) is 9.97 Å². The Balaban J connectivity index is 2.86. The van der Waals surface area contributed by atoms with Gasteiger partial charge in [0.1, 0.15) is 0 Å². The molecule has 0 spiro atoms. The first-order valence-electron chi connectivity index (χ1n) is 3.86. The largest absolute Gasteiger partial charge is 0.368 e. The van der Waals surface area contributed by atoms with Gasteiger partial charge in [0.15, 0.2) is 0 Å². The molecule has 2 N–H and O–H groups in total. The van der Waals surface area contributed by atoms with Crippen LogP contribution < -0.4 is 5.73 Å². The number of fused-ring (bicyclic) bond motifs is 1. The van der Waals surface area contributed by atoms with E-state index in [1.165, 1.54) is 0 Å². The van der Waals surface area contributed by atoms with Crippen LogP contribution in [0.3, 0.4) is 0 Å². The van der Waals surface area contributed by atoms with Crippen LogP contribution in [0.2, 0.25) is 0 Å². The number of halogens is 1. The van der Waals surface area contributed by atoms with Crippen molar-refractivity contribution < 1.29 is 0 Å². The zero-order chi connectivity index (χ0) is 9.42. The van der Waals surface area contributed by atoms with Crippen LogP contribution in [0, 0.1) is 6.92 Å². The molecule has 0 aliphatic heterocycles. The molecule has 0 aliphatic carbocycles. The molecule has 0 atom stereocenters. The zero-order valence-corrected chi connectivity index (χ0v) is 8.67. The molecule has 0 fully saturated rings. The summed E-state index contributed by atoms with van der Waals surface area (Å²) in [6.07, 6.45) is 0. The molecule has 0 aliphatic rings. The molecular weight excluding hydrogens is 230 g/mol. The van der Waals surface area contributed by atoms with Crippen LogP contribution in [-0.4, -0.2) is 9.97 Å². The van der Waals surface area contributed by atoms with Crippen LogP contribution in [0.4, 0.5) is 5.95 Å². The molecule has 2 rings (SSSR count). The van der Waals surface area contributed by atoms with E-state index in [4.69, 9.17) is 5.73 Å². The van der Waals surface area contributed by atoms with Crippen molar-refractivity contribution in [3.8, 4) is 0 Å². The topological polar surface area (TPSA) is 51.8 Å². The lowest BCUT2D eigenvalue weighted by Gasteiger charge is -2.01. The Morgan fingerprint density at radius 3 is 2.85 bits per heavy atom. The maximum absolute atomic E-state index is 5.54. The van der Waals surface area contributed by atoms with E-state index < -0.39 is 0 Å². The Hall–Kier alpha value is -1.16. The van der Waals surface area contributed by atoms with Crippen molar-refractivity contribution >= 4 is 32.8 Å². The molecule has 1 aromatic heterocycles. The smallest absolute Gasteiger partial charge is 0.220 e. The van der Waals surface area contributed by atoms with Crippen LogP contribution in [0.5, 0.6) is 0 Å². The third kappa shape index (κ3) is 1.49. The number of nitrogens with zero attached hydrogens (tertiary/aromatic N) is 2. The number of anilines is 1. The van der Waals surface area contributed by atoms with E-state index in [2.05, 4.69) is 25.9 Å². The SMILES string of the molecule is Cc1nc(N)nc2cc(Br)ccc12. The predicted octanol–water partition coefficient (Wildman–Crippen LogP) is 2.28. The standard InChI is InChI=1S/C9H8BrN3/c1-5-7-3-2-6(10)4-8(7)13-9(11)12-5/h2-4H,1H3,(H2,11,12,13). The molecule has 2 aromatic rings. The summed E-state index contributed by atoms with van der Waals surface area (Å²) < 4.78 is 0.998. The van der Waals surface area contributed by atoms with Gasteiger partial charge < -0.3 is 5.73 Å². The van der Waals surface area contributed by atoms with Gasteiger partial charge in [-0.3, -0.25) is 0 Å². The summed E-state index contributed by atoms with van der Waals surface area (Å²) in [4.78, 5) is 8.22. The Labute approximate surface area is 84.1 Å². The molecule has 0 saturated carbocycles. The van der Waals surface area contributed by atoms with Gasteiger partial charge in [0.05, 0.1) is 11.2 Å². The molecule has 13 heavy (non-hydrogen) atoms. The Morgan fingerprint density at radius 1 is 1.31 bits per heavy atom. The highest BCUT2D eigenvalue weighted by Gasteiger charge is 2.01. The maximum Gasteiger partial charge on any atom is 0.220 e. The van der Waals surface area contributed by atoms with Gasteiger partial charge in [0, 0.05) is 9.86 Å². The fraction of sp³-hybridized carbons (Fsp3) is 0.111. The molecule has 0 amide bonds. The first-order chi connectivity index (χ1) is 6.16. The maximum atomic E-state index is 5.54. The van der Waals surface area contributed by atoms with E-state index in [0.717, 1.165) is 21.1 Å². The second-order valence-corrected chi connectivity index (χ2v) is 3.74. The Morgan fingerprint density at radius 2 is 2.08 bits per heavy atom. The third-order valence-electron chi connectivity index (χ3n) is 1.87. The fourth-order valence-electron chi connectivity index (χ4n) is 1.28. The highest BCUT2D eigenvalue weighted by molar-refractivity contribution is 9.10. The highest BCUT2D eigenvalue weighted by atomic mass is 79.9. The summed E-state index contributed by atoms with van der Waals surface area (Å²) in [5.74, 6) is 0.322. The molecule has 0 unspecified atom stereocenters. The van der Waals surface area contributed by atoms with Crippen LogP contribution in [-0.2, 0) is 0 Å². The number of hydrogen-bond acceptors (Lipinski definition) is 3. The number of rotatable bonds is 0. The van der Waals surface area contributed by atoms with Crippen molar-refractivity contribution in [2.24, 2.45) is 0 Å². The minimum atomic E-state index is 0.322. The van der Waals surface area contributed by atoms with Gasteiger partial charge in [-0.1, -0.05) is 15.9 Å². The number of hydrogen-bond donors (Lipinski definition) is 1. The minimum absolute atomic E-state index is 0.322. The van der Waals surface area contributed by atoms with Gasteiger partial charge in [-0.2, -0.15) is 0 Å². The van der Waals surface area contributed by atoms with Gasteiger partial charge in [-0.15, -0.1) is 0 Å². The lowest BCUT2D eigenvalue weighted by Crippen LogP contribution is -1.97. The second-order valence-electron chi connectivity index (χ2n) is 2.83. The fourth-order valence-corrected chi connectivity index (χ4v) is 1.63. The van der Waals surface area contributed by atoms with Gasteiger partial charge >= 0.3 is 0 Å². The minimum Gasteiger partial charge on any atom is -0.368 e. The molecule has 0 bridgehead atoms. The number of nitrogens with two attached hydrogens (primary N) is 1. The molecule has 66 valence electrons. The summed E-state index contributed by atoms with van der Waals surface area (Å²) in [5, 5.41) is 1.04. The third-order valence-corrected chi connectivity index (χ3v) is 2.36. The van der Waals surface area contributed by atoms with Gasteiger partial charge in [0.25, 0.3) is 0 Å². The van der Waals surface area contributed by atoms with Crippen molar-refractivity contribution in [3.05, 3.63) is 28.4 Å². The lowest BCUT2D eigenvalue weighted by molar-refractivity contribution is 1.17. The molecule has 1 heterocycles. The van der Waals surface area contributed by atoms with Crippen molar-refractivity contribution in [1.29, 1.82) is 0 Å². The van der Waals surface area contributed by atoms with E-state index in [-0.39, 0.29) is 0 Å². The van der Waals surface area contributed by atoms with E-state index >= 15 is 0 Å².